The molecule has 15 heavy (non-hydrogen) atoms. The van der Waals surface area contributed by atoms with Gasteiger partial charge in [0.25, 0.3) is 5.56 Å². The zero-order valence-electron chi connectivity index (χ0n) is 9.21. The first-order valence-electron chi connectivity index (χ1n) is 5.05. The van der Waals surface area contributed by atoms with Gasteiger partial charge in [0.2, 0.25) is 0 Å². The van der Waals surface area contributed by atoms with Crippen molar-refractivity contribution in [3.05, 3.63) is 28.2 Å². The first-order valence-corrected chi connectivity index (χ1v) is 6.04. The van der Waals surface area contributed by atoms with E-state index < -0.39 is 0 Å². The second-order valence-electron chi connectivity index (χ2n) is 3.34. The van der Waals surface area contributed by atoms with Crippen molar-refractivity contribution in [2.24, 2.45) is 0 Å². The fourth-order valence-corrected chi connectivity index (χ4v) is 2.27. The third-order valence-electron chi connectivity index (χ3n) is 2.16. The third kappa shape index (κ3) is 4.10. The number of nitrogens with one attached hydrogen (secondary N) is 1. The molecule has 1 aromatic heterocycles. The van der Waals surface area contributed by atoms with Gasteiger partial charge in [-0.25, -0.2) is 0 Å². The highest BCUT2D eigenvalue weighted by atomic mass is 32.2. The van der Waals surface area contributed by atoms with Crippen LogP contribution in [0, 0.1) is 6.92 Å². The Morgan fingerprint density at radius 3 is 3.00 bits per heavy atom. The number of hydrogen-bond acceptors (Lipinski definition) is 3. The van der Waals surface area contributed by atoms with Crippen LogP contribution >= 0.6 is 11.8 Å². The fourth-order valence-electron chi connectivity index (χ4n) is 1.23. The van der Waals surface area contributed by atoms with Crippen molar-refractivity contribution in [1.82, 2.24) is 4.98 Å². The molecule has 1 aromatic rings. The number of thioether (sulfide) groups is 1. The van der Waals surface area contributed by atoms with Gasteiger partial charge >= 0.3 is 0 Å². The summed E-state index contributed by atoms with van der Waals surface area (Å²) >= 11 is 1.74. The molecule has 0 aromatic carbocycles. The minimum absolute atomic E-state index is 0.0110. The van der Waals surface area contributed by atoms with Gasteiger partial charge in [-0.2, -0.15) is 0 Å². The standard InChI is InChI=1S/C11H17NO2S/c1-9-10(5-6-12-11(9)13)15-8-4-3-7-14-2/h5-6H,3-4,7-8H2,1-2H3,(H,12,13). The summed E-state index contributed by atoms with van der Waals surface area (Å²) in [6.45, 7) is 2.67. The maximum absolute atomic E-state index is 11.3. The molecule has 1 heterocycles. The second-order valence-corrected chi connectivity index (χ2v) is 4.48. The van der Waals surface area contributed by atoms with E-state index in [1.165, 1.54) is 0 Å². The van der Waals surface area contributed by atoms with E-state index >= 15 is 0 Å². The van der Waals surface area contributed by atoms with Gasteiger partial charge in [-0.05, 0) is 31.6 Å². The van der Waals surface area contributed by atoms with Crippen LogP contribution in [0.1, 0.15) is 18.4 Å². The molecule has 0 saturated heterocycles. The fraction of sp³-hybridized carbons (Fsp3) is 0.545. The average molecular weight is 227 g/mol. The summed E-state index contributed by atoms with van der Waals surface area (Å²) in [5.74, 6) is 1.04. The van der Waals surface area contributed by atoms with Gasteiger partial charge in [0.15, 0.2) is 0 Å². The number of pyridine rings is 1. The van der Waals surface area contributed by atoms with Crippen LogP contribution in [0.25, 0.3) is 0 Å². The Bertz CT molecular complexity index is 349. The molecule has 0 aliphatic carbocycles. The highest BCUT2D eigenvalue weighted by molar-refractivity contribution is 7.99. The highest BCUT2D eigenvalue weighted by Gasteiger charge is 2.01. The molecule has 0 amide bonds. The van der Waals surface area contributed by atoms with Crippen molar-refractivity contribution >= 4 is 11.8 Å². The number of hydrogen-bond donors (Lipinski definition) is 1. The number of methoxy groups -OCH3 is 1. The maximum atomic E-state index is 11.3. The van der Waals surface area contributed by atoms with Gasteiger partial charge in [-0.1, -0.05) is 0 Å². The van der Waals surface area contributed by atoms with Crippen LogP contribution < -0.4 is 5.56 Å². The van der Waals surface area contributed by atoms with Crippen molar-refractivity contribution in [1.29, 1.82) is 0 Å². The number of unbranched alkanes of at least 4 members (excludes halogenated alkanes) is 1. The lowest BCUT2D eigenvalue weighted by Crippen LogP contribution is -2.08. The lowest BCUT2D eigenvalue weighted by Gasteiger charge is -2.03. The van der Waals surface area contributed by atoms with E-state index in [1.807, 2.05) is 13.0 Å². The molecule has 3 nitrogen and oxygen atoms in total. The van der Waals surface area contributed by atoms with Gasteiger partial charge < -0.3 is 9.72 Å². The quantitative estimate of drug-likeness (QED) is 0.598. The number of aromatic amines is 1. The predicted octanol–water partition coefficient (Wildman–Crippen LogP) is 2.20. The highest BCUT2D eigenvalue weighted by Crippen LogP contribution is 2.20. The summed E-state index contributed by atoms with van der Waals surface area (Å²) in [5, 5.41) is 0. The second kappa shape index (κ2) is 6.69. The van der Waals surface area contributed by atoms with Gasteiger partial charge in [0, 0.05) is 30.4 Å². The summed E-state index contributed by atoms with van der Waals surface area (Å²) < 4.78 is 4.97. The van der Waals surface area contributed by atoms with Crippen molar-refractivity contribution in [2.75, 3.05) is 19.5 Å². The molecule has 0 bridgehead atoms. The molecule has 84 valence electrons. The Labute approximate surface area is 94.2 Å². The topological polar surface area (TPSA) is 42.1 Å². The largest absolute Gasteiger partial charge is 0.385 e. The number of rotatable bonds is 6. The van der Waals surface area contributed by atoms with E-state index in [-0.39, 0.29) is 5.56 Å². The molecule has 0 radical (unpaired) electrons. The van der Waals surface area contributed by atoms with E-state index in [2.05, 4.69) is 4.98 Å². The van der Waals surface area contributed by atoms with Gasteiger partial charge in [0.1, 0.15) is 0 Å². The number of aromatic nitrogens is 1. The lowest BCUT2D eigenvalue weighted by atomic mass is 10.3. The van der Waals surface area contributed by atoms with E-state index in [9.17, 15) is 4.79 Å². The Balaban J connectivity index is 2.38. The summed E-state index contributed by atoms with van der Waals surface area (Å²) in [4.78, 5) is 15.0. The summed E-state index contributed by atoms with van der Waals surface area (Å²) in [6, 6.07) is 1.96. The molecule has 4 heteroatoms. The van der Waals surface area contributed by atoms with Crippen LogP contribution in [0.4, 0.5) is 0 Å². The lowest BCUT2D eigenvalue weighted by molar-refractivity contribution is 0.194. The van der Waals surface area contributed by atoms with Gasteiger partial charge in [-0.15, -0.1) is 11.8 Å². The zero-order chi connectivity index (χ0) is 11.1. The number of ether oxygens (including phenoxy) is 1. The van der Waals surface area contributed by atoms with Crippen LogP contribution in [0.15, 0.2) is 22.0 Å². The molecule has 0 unspecified atom stereocenters. The predicted molar refractivity (Wildman–Crippen MR) is 63.6 cm³/mol. The van der Waals surface area contributed by atoms with E-state index in [1.54, 1.807) is 25.1 Å². The molecule has 1 N–H and O–H groups in total. The van der Waals surface area contributed by atoms with Gasteiger partial charge in [-0.3, -0.25) is 4.79 Å². The Hall–Kier alpha value is -0.740. The molecular formula is C11H17NO2S. The Morgan fingerprint density at radius 1 is 1.47 bits per heavy atom. The molecule has 1 rings (SSSR count). The average Bonchev–Trinajstić information content (AvgIpc) is 2.24. The molecule has 0 aliphatic rings. The number of H-pyrrole nitrogens is 1. The molecule has 0 saturated carbocycles. The maximum Gasteiger partial charge on any atom is 0.251 e. The molecular weight excluding hydrogens is 210 g/mol. The van der Waals surface area contributed by atoms with E-state index in [0.717, 1.165) is 35.7 Å². The van der Waals surface area contributed by atoms with Crippen LogP contribution in [-0.4, -0.2) is 24.5 Å². The molecule has 0 spiro atoms. The Kier molecular flexibility index (Phi) is 5.50. The van der Waals surface area contributed by atoms with Gasteiger partial charge in [0.05, 0.1) is 0 Å². The summed E-state index contributed by atoms with van der Waals surface area (Å²) in [5.41, 5.74) is 0.825. The summed E-state index contributed by atoms with van der Waals surface area (Å²) in [6.07, 6.45) is 3.89. The first kappa shape index (κ1) is 12.3. The van der Waals surface area contributed by atoms with Crippen LogP contribution in [0.2, 0.25) is 0 Å². The summed E-state index contributed by atoms with van der Waals surface area (Å²) in [7, 11) is 1.72. The van der Waals surface area contributed by atoms with Crippen LogP contribution in [-0.2, 0) is 4.74 Å². The minimum atomic E-state index is 0.0110. The normalized spacial score (nSPS) is 10.5. The third-order valence-corrected chi connectivity index (χ3v) is 3.41. The smallest absolute Gasteiger partial charge is 0.251 e. The Morgan fingerprint density at radius 2 is 2.27 bits per heavy atom. The van der Waals surface area contributed by atoms with E-state index in [4.69, 9.17) is 4.74 Å². The SMILES string of the molecule is COCCCCSc1cc[nH]c(=O)c1C. The van der Waals surface area contributed by atoms with Crippen molar-refractivity contribution in [3.8, 4) is 0 Å². The molecule has 0 atom stereocenters. The minimum Gasteiger partial charge on any atom is -0.385 e. The van der Waals surface area contributed by atoms with E-state index in [0.29, 0.717) is 0 Å². The molecule has 0 fully saturated rings. The van der Waals surface area contributed by atoms with Crippen molar-refractivity contribution in [2.45, 2.75) is 24.7 Å². The molecule has 0 aliphatic heterocycles. The first-order chi connectivity index (χ1) is 7.25. The van der Waals surface area contributed by atoms with Crippen molar-refractivity contribution in [3.63, 3.8) is 0 Å². The van der Waals surface area contributed by atoms with Crippen LogP contribution in [0.5, 0.6) is 0 Å². The van der Waals surface area contributed by atoms with Crippen molar-refractivity contribution < 1.29 is 4.74 Å². The monoisotopic (exact) mass is 227 g/mol. The zero-order valence-corrected chi connectivity index (χ0v) is 10.0. The van der Waals surface area contributed by atoms with Crippen LogP contribution in [0.3, 0.4) is 0 Å².